The van der Waals surface area contributed by atoms with Crippen molar-refractivity contribution < 1.29 is 12.4 Å². The molecule has 2 heteroatoms. The summed E-state index contributed by atoms with van der Waals surface area (Å²) in [4.78, 5) is 0. The summed E-state index contributed by atoms with van der Waals surface area (Å²) in [5.74, 6) is 0. The van der Waals surface area contributed by atoms with Crippen molar-refractivity contribution in [1.29, 1.82) is 0 Å². The topological polar surface area (TPSA) is 0 Å². The third-order valence-electron chi connectivity index (χ3n) is 1.61. The van der Waals surface area contributed by atoms with Crippen LogP contribution in [0.25, 0.3) is 0 Å². The number of hydrogen-bond donors (Lipinski definition) is 0. The standard InChI is InChI=1S/C10H13.ClH.Mg/c1-4-10-6-8(2)5-9(3)7-10;;/h6-7H,4H2,1-3H3;1H;/q-1;;+2/p-1. The van der Waals surface area contributed by atoms with Crippen molar-refractivity contribution in [3.05, 3.63) is 34.9 Å². The maximum Gasteiger partial charge on any atom is 2.00 e. The van der Waals surface area contributed by atoms with Gasteiger partial charge in [-0.1, -0.05) is 27.2 Å². The summed E-state index contributed by atoms with van der Waals surface area (Å²) in [6.45, 7) is 6.35. The monoisotopic (exact) mass is 192 g/mol. The fourth-order valence-corrected chi connectivity index (χ4v) is 1.19. The van der Waals surface area contributed by atoms with Crippen LogP contribution in [-0.2, 0) is 6.42 Å². The number of benzene rings is 1. The van der Waals surface area contributed by atoms with Crippen molar-refractivity contribution in [2.75, 3.05) is 0 Å². The van der Waals surface area contributed by atoms with Crippen molar-refractivity contribution in [2.45, 2.75) is 27.2 Å². The Kier molecular flexibility index (Phi) is 8.32. The van der Waals surface area contributed by atoms with E-state index in [0.717, 1.165) is 6.42 Å². The summed E-state index contributed by atoms with van der Waals surface area (Å²) in [7, 11) is 0. The molecule has 0 heterocycles. The fraction of sp³-hybridized carbons (Fsp3) is 0.400. The Morgan fingerprint density at radius 1 is 1.17 bits per heavy atom. The van der Waals surface area contributed by atoms with Crippen LogP contribution in [0, 0.1) is 19.9 Å². The second-order valence-electron chi connectivity index (χ2n) is 2.71. The van der Waals surface area contributed by atoms with E-state index in [2.05, 4.69) is 39.0 Å². The van der Waals surface area contributed by atoms with Gasteiger partial charge in [-0.15, -0.1) is 0 Å². The Bertz CT molecular complexity index is 213. The number of halogens is 1. The SMILES string of the molecule is CCc1cc(C)[c-]c(C)c1.[Cl-].[Mg+2]. The Balaban J connectivity index is 0. The minimum Gasteiger partial charge on any atom is -1.00 e. The zero-order valence-electron chi connectivity index (χ0n) is 7.95. The Morgan fingerprint density at radius 3 is 1.92 bits per heavy atom. The normalized spacial score (nSPS) is 8.25. The summed E-state index contributed by atoms with van der Waals surface area (Å²) >= 11 is 0. The van der Waals surface area contributed by atoms with Gasteiger partial charge in [-0.05, 0) is 0 Å². The van der Waals surface area contributed by atoms with Crippen molar-refractivity contribution in [2.24, 2.45) is 0 Å². The molecule has 0 radical (unpaired) electrons. The smallest absolute Gasteiger partial charge is 1.00 e. The molecule has 0 spiro atoms. The van der Waals surface area contributed by atoms with Gasteiger partial charge < -0.3 is 12.4 Å². The molecule has 0 N–H and O–H groups in total. The van der Waals surface area contributed by atoms with Gasteiger partial charge in [0.15, 0.2) is 0 Å². The fourth-order valence-electron chi connectivity index (χ4n) is 1.19. The Labute approximate surface area is 97.3 Å². The molecule has 1 rings (SSSR count). The largest absolute Gasteiger partial charge is 2.00 e. The summed E-state index contributed by atoms with van der Waals surface area (Å²) in [5.41, 5.74) is 3.91. The molecule has 0 saturated carbocycles. The molecule has 12 heavy (non-hydrogen) atoms. The van der Waals surface area contributed by atoms with Gasteiger partial charge in [0, 0.05) is 0 Å². The molecule has 0 unspecified atom stereocenters. The molecule has 0 saturated heterocycles. The van der Waals surface area contributed by atoms with Gasteiger partial charge in [0.05, 0.1) is 0 Å². The first-order chi connectivity index (χ1) is 4.72. The van der Waals surface area contributed by atoms with Crippen molar-refractivity contribution >= 4 is 23.1 Å². The van der Waals surface area contributed by atoms with Gasteiger partial charge >= 0.3 is 23.1 Å². The number of aryl methyl sites for hydroxylation is 3. The maximum absolute atomic E-state index is 3.24. The Morgan fingerprint density at radius 2 is 1.58 bits per heavy atom. The van der Waals surface area contributed by atoms with E-state index in [0.29, 0.717) is 0 Å². The first-order valence-corrected chi connectivity index (χ1v) is 3.72. The molecule has 0 aromatic heterocycles. The summed E-state index contributed by atoms with van der Waals surface area (Å²) < 4.78 is 0. The molecular weight excluding hydrogens is 180 g/mol. The van der Waals surface area contributed by atoms with E-state index in [1.165, 1.54) is 16.7 Å². The van der Waals surface area contributed by atoms with E-state index in [1.807, 2.05) is 0 Å². The molecule has 0 atom stereocenters. The molecular formula is C10H13ClMg. The van der Waals surface area contributed by atoms with Crippen LogP contribution in [0.15, 0.2) is 12.1 Å². The van der Waals surface area contributed by atoms with Crippen LogP contribution < -0.4 is 12.4 Å². The summed E-state index contributed by atoms with van der Waals surface area (Å²) in [5, 5.41) is 0. The number of rotatable bonds is 1. The van der Waals surface area contributed by atoms with Crippen LogP contribution in [-0.4, -0.2) is 23.1 Å². The predicted octanol–water partition coefficient (Wildman–Crippen LogP) is -0.711. The van der Waals surface area contributed by atoms with Gasteiger partial charge in [-0.2, -0.15) is 34.9 Å². The third-order valence-corrected chi connectivity index (χ3v) is 1.61. The average molecular weight is 193 g/mol. The van der Waals surface area contributed by atoms with Gasteiger partial charge in [0.1, 0.15) is 0 Å². The molecule has 0 amide bonds. The van der Waals surface area contributed by atoms with Gasteiger partial charge in [-0.3, -0.25) is 0 Å². The van der Waals surface area contributed by atoms with E-state index >= 15 is 0 Å². The van der Waals surface area contributed by atoms with Crippen molar-refractivity contribution in [3.63, 3.8) is 0 Å². The van der Waals surface area contributed by atoms with Gasteiger partial charge in [-0.25, -0.2) is 0 Å². The molecule has 62 valence electrons. The van der Waals surface area contributed by atoms with Crippen molar-refractivity contribution in [1.82, 2.24) is 0 Å². The van der Waals surface area contributed by atoms with Crippen LogP contribution >= 0.6 is 0 Å². The van der Waals surface area contributed by atoms with E-state index in [1.54, 1.807) is 0 Å². The quantitative estimate of drug-likeness (QED) is 0.408. The Hall–Kier alpha value is 0.276. The second kappa shape index (κ2) is 6.76. The first kappa shape index (κ1) is 14.8. The van der Waals surface area contributed by atoms with Crippen LogP contribution in [0.4, 0.5) is 0 Å². The molecule has 0 fully saturated rings. The van der Waals surface area contributed by atoms with Gasteiger partial charge in [0.25, 0.3) is 0 Å². The number of hydrogen-bond acceptors (Lipinski definition) is 0. The minimum absolute atomic E-state index is 0. The molecule has 0 aliphatic heterocycles. The second-order valence-corrected chi connectivity index (χ2v) is 2.71. The van der Waals surface area contributed by atoms with Gasteiger partial charge in [0.2, 0.25) is 0 Å². The zero-order valence-corrected chi connectivity index (χ0v) is 10.1. The minimum atomic E-state index is 0. The van der Waals surface area contributed by atoms with E-state index in [9.17, 15) is 0 Å². The van der Waals surface area contributed by atoms with Crippen LogP contribution in [0.3, 0.4) is 0 Å². The van der Waals surface area contributed by atoms with Crippen molar-refractivity contribution in [3.8, 4) is 0 Å². The molecule has 0 nitrogen and oxygen atoms in total. The van der Waals surface area contributed by atoms with E-state index < -0.39 is 0 Å². The zero-order chi connectivity index (χ0) is 7.56. The molecule has 1 aromatic rings. The molecule has 0 aliphatic rings. The van der Waals surface area contributed by atoms with Crippen LogP contribution in [0.2, 0.25) is 0 Å². The first-order valence-electron chi connectivity index (χ1n) is 3.72. The summed E-state index contributed by atoms with van der Waals surface area (Å²) in [6.07, 6.45) is 1.12. The average Bonchev–Trinajstić information content (AvgIpc) is 1.85. The molecule has 1 aromatic carbocycles. The molecule has 0 aliphatic carbocycles. The van der Waals surface area contributed by atoms with Crippen LogP contribution in [0.5, 0.6) is 0 Å². The van der Waals surface area contributed by atoms with Crippen LogP contribution in [0.1, 0.15) is 23.6 Å². The van der Waals surface area contributed by atoms with E-state index in [-0.39, 0.29) is 35.5 Å². The predicted molar refractivity (Wildman–Crippen MR) is 49.9 cm³/mol. The maximum atomic E-state index is 3.24. The molecule has 0 bridgehead atoms. The third kappa shape index (κ3) is 4.34. The van der Waals surface area contributed by atoms with E-state index in [4.69, 9.17) is 0 Å². The summed E-state index contributed by atoms with van der Waals surface area (Å²) in [6, 6.07) is 7.62.